The predicted molar refractivity (Wildman–Crippen MR) is 80.3 cm³/mol. The number of amides is 1. The van der Waals surface area contributed by atoms with Crippen LogP contribution in [-0.4, -0.2) is 16.4 Å². The number of halogens is 3. The number of carbonyl (C=O) groups excluding carboxylic acids is 1. The molecule has 0 aliphatic rings. The first-order chi connectivity index (χ1) is 10.4. The van der Waals surface area contributed by atoms with Gasteiger partial charge in [0, 0.05) is 17.2 Å². The molecule has 0 saturated heterocycles. The predicted octanol–water partition coefficient (Wildman–Crippen LogP) is 4.35. The van der Waals surface area contributed by atoms with E-state index in [4.69, 9.17) is 0 Å². The van der Waals surface area contributed by atoms with Crippen molar-refractivity contribution in [3.05, 3.63) is 60.4 Å². The first-order valence-electron chi connectivity index (χ1n) is 6.17. The molecule has 3 nitrogen and oxygen atoms in total. The van der Waals surface area contributed by atoms with Crippen molar-refractivity contribution in [3.8, 4) is 0 Å². The Morgan fingerprint density at radius 2 is 1.91 bits per heavy atom. The minimum Gasteiger partial charge on any atom is -0.321 e. The van der Waals surface area contributed by atoms with Crippen LogP contribution in [0.2, 0.25) is 0 Å². The molecule has 114 valence electrons. The van der Waals surface area contributed by atoms with E-state index >= 15 is 0 Å². The van der Waals surface area contributed by atoms with Crippen LogP contribution in [0.25, 0.3) is 6.08 Å². The van der Waals surface area contributed by atoms with Crippen LogP contribution in [0.5, 0.6) is 0 Å². The Labute approximate surface area is 129 Å². The van der Waals surface area contributed by atoms with Crippen LogP contribution in [0.15, 0.2) is 59.8 Å². The molecule has 2 rings (SSSR count). The number of thioether (sulfide) groups is 1. The minimum absolute atomic E-state index is 0.101. The normalized spacial score (nSPS) is 11.6. The summed E-state index contributed by atoms with van der Waals surface area (Å²) < 4.78 is 36.6. The Balaban J connectivity index is 1.94. The van der Waals surface area contributed by atoms with Crippen molar-refractivity contribution < 1.29 is 18.0 Å². The highest BCUT2D eigenvalue weighted by molar-refractivity contribution is 8.00. The highest BCUT2D eigenvalue weighted by Gasteiger charge is 2.28. The molecule has 0 aliphatic heterocycles. The van der Waals surface area contributed by atoms with Gasteiger partial charge in [0.2, 0.25) is 5.91 Å². The summed E-state index contributed by atoms with van der Waals surface area (Å²) in [6.45, 7) is 0. The van der Waals surface area contributed by atoms with Crippen LogP contribution < -0.4 is 5.32 Å². The topological polar surface area (TPSA) is 42.0 Å². The van der Waals surface area contributed by atoms with E-state index in [1.165, 1.54) is 42.6 Å². The number of anilines is 1. The highest BCUT2D eigenvalue weighted by atomic mass is 32.2. The number of aromatic nitrogens is 1. The molecule has 0 spiro atoms. The summed E-state index contributed by atoms with van der Waals surface area (Å²) in [5.41, 5.74) is -3.11. The lowest BCUT2D eigenvalue weighted by atomic mass is 10.2. The van der Waals surface area contributed by atoms with E-state index in [2.05, 4.69) is 10.3 Å². The van der Waals surface area contributed by atoms with Crippen molar-refractivity contribution in [1.82, 2.24) is 4.98 Å². The number of pyridine rings is 1. The zero-order valence-corrected chi connectivity index (χ0v) is 12.0. The number of nitrogens with one attached hydrogen (secondary N) is 1. The number of benzene rings is 1. The monoisotopic (exact) mass is 324 g/mol. The maximum absolute atomic E-state index is 12.2. The molecule has 0 fully saturated rings. The first-order valence-corrected chi connectivity index (χ1v) is 6.99. The largest absolute Gasteiger partial charge is 0.446 e. The molecule has 2 aromatic rings. The minimum atomic E-state index is -4.30. The lowest BCUT2D eigenvalue weighted by molar-refractivity contribution is -0.111. The van der Waals surface area contributed by atoms with Gasteiger partial charge in [0.1, 0.15) is 0 Å². The van der Waals surface area contributed by atoms with Crippen LogP contribution in [0.3, 0.4) is 0 Å². The van der Waals surface area contributed by atoms with Crippen molar-refractivity contribution in [2.24, 2.45) is 0 Å². The van der Waals surface area contributed by atoms with Gasteiger partial charge in [0.05, 0.1) is 11.9 Å². The Morgan fingerprint density at radius 3 is 2.50 bits per heavy atom. The third-order valence-electron chi connectivity index (χ3n) is 2.47. The summed E-state index contributed by atoms with van der Waals surface area (Å²) in [4.78, 5) is 15.6. The first kappa shape index (κ1) is 16.1. The number of carbonyl (C=O) groups is 1. The van der Waals surface area contributed by atoms with Gasteiger partial charge < -0.3 is 5.32 Å². The van der Waals surface area contributed by atoms with Gasteiger partial charge in [-0.2, -0.15) is 13.2 Å². The lowest BCUT2D eigenvalue weighted by Crippen LogP contribution is -2.07. The number of alkyl halides is 3. The van der Waals surface area contributed by atoms with Crippen molar-refractivity contribution in [1.29, 1.82) is 0 Å². The van der Waals surface area contributed by atoms with Crippen molar-refractivity contribution >= 4 is 29.4 Å². The molecular formula is C15H11F3N2OS. The van der Waals surface area contributed by atoms with Crippen molar-refractivity contribution in [3.63, 3.8) is 0 Å². The summed E-state index contributed by atoms with van der Waals surface area (Å²) in [5, 5.41) is 2.61. The maximum Gasteiger partial charge on any atom is 0.446 e. The Hall–Kier alpha value is -2.28. The molecule has 0 saturated carbocycles. The van der Waals surface area contributed by atoms with Crippen LogP contribution in [0, 0.1) is 0 Å². The molecule has 0 atom stereocenters. The van der Waals surface area contributed by atoms with Gasteiger partial charge >= 0.3 is 5.51 Å². The van der Waals surface area contributed by atoms with E-state index in [1.807, 2.05) is 0 Å². The molecule has 1 heterocycles. The molecule has 1 amide bonds. The molecule has 1 aromatic heterocycles. The number of hydrogen-bond acceptors (Lipinski definition) is 3. The fraction of sp³-hybridized carbons (Fsp3) is 0.0667. The Morgan fingerprint density at radius 1 is 1.18 bits per heavy atom. The van der Waals surface area contributed by atoms with Crippen LogP contribution in [0.1, 0.15) is 5.56 Å². The Kier molecular flexibility index (Phi) is 5.21. The van der Waals surface area contributed by atoms with E-state index in [0.717, 1.165) is 0 Å². The maximum atomic E-state index is 12.2. The Bertz CT molecular complexity index is 655. The fourth-order valence-electron chi connectivity index (χ4n) is 1.57. The second-order valence-electron chi connectivity index (χ2n) is 4.18. The molecule has 22 heavy (non-hydrogen) atoms. The van der Waals surface area contributed by atoms with Gasteiger partial charge in [-0.15, -0.1) is 0 Å². The highest BCUT2D eigenvalue weighted by Crippen LogP contribution is 2.36. The molecule has 1 N–H and O–H groups in total. The summed E-state index contributed by atoms with van der Waals surface area (Å²) in [5.74, 6) is -0.346. The van der Waals surface area contributed by atoms with Crippen LogP contribution in [-0.2, 0) is 4.79 Å². The number of rotatable bonds is 4. The summed E-state index contributed by atoms with van der Waals surface area (Å²) >= 11 is -0.175. The number of hydrogen-bond donors (Lipinski definition) is 1. The van der Waals surface area contributed by atoms with Crippen LogP contribution >= 0.6 is 11.8 Å². The van der Waals surface area contributed by atoms with Gasteiger partial charge in [0.25, 0.3) is 0 Å². The molecule has 1 aromatic carbocycles. The fourth-order valence-corrected chi connectivity index (χ4v) is 2.11. The third kappa shape index (κ3) is 5.61. The van der Waals surface area contributed by atoms with Gasteiger partial charge in [-0.3, -0.25) is 9.78 Å². The van der Waals surface area contributed by atoms with Crippen LogP contribution in [0.4, 0.5) is 18.9 Å². The van der Waals surface area contributed by atoms with Gasteiger partial charge in [-0.25, -0.2) is 0 Å². The SMILES string of the molecule is O=C(/C=C/c1ccc(SC(F)(F)F)cc1)Nc1cccnc1. The third-order valence-corrected chi connectivity index (χ3v) is 3.21. The summed E-state index contributed by atoms with van der Waals surface area (Å²) in [6.07, 6.45) is 5.92. The molecular weight excluding hydrogens is 313 g/mol. The zero-order chi connectivity index (χ0) is 16.0. The van der Waals surface area contributed by atoms with Crippen molar-refractivity contribution in [2.75, 3.05) is 5.32 Å². The molecule has 0 aliphatic carbocycles. The molecule has 0 bridgehead atoms. The van der Waals surface area contributed by atoms with E-state index in [0.29, 0.717) is 11.3 Å². The van der Waals surface area contributed by atoms with Gasteiger partial charge in [-0.05, 0) is 47.7 Å². The van der Waals surface area contributed by atoms with Gasteiger partial charge in [0.15, 0.2) is 0 Å². The average molecular weight is 324 g/mol. The summed E-state index contributed by atoms with van der Waals surface area (Å²) in [7, 11) is 0. The quantitative estimate of drug-likeness (QED) is 0.672. The summed E-state index contributed by atoms with van der Waals surface area (Å²) in [6, 6.07) is 9.13. The number of nitrogens with zero attached hydrogens (tertiary/aromatic N) is 1. The van der Waals surface area contributed by atoms with E-state index < -0.39 is 5.51 Å². The molecule has 0 radical (unpaired) electrons. The van der Waals surface area contributed by atoms with Gasteiger partial charge in [-0.1, -0.05) is 12.1 Å². The van der Waals surface area contributed by atoms with E-state index in [1.54, 1.807) is 18.3 Å². The van der Waals surface area contributed by atoms with Crippen molar-refractivity contribution in [2.45, 2.75) is 10.4 Å². The average Bonchev–Trinajstić information content (AvgIpc) is 2.46. The second kappa shape index (κ2) is 7.13. The second-order valence-corrected chi connectivity index (χ2v) is 5.32. The molecule has 7 heteroatoms. The van der Waals surface area contributed by atoms with E-state index in [9.17, 15) is 18.0 Å². The van der Waals surface area contributed by atoms with E-state index in [-0.39, 0.29) is 22.6 Å². The standard InChI is InChI=1S/C15H11F3N2OS/c16-15(17,18)22-13-6-3-11(4-7-13)5-8-14(21)20-12-2-1-9-19-10-12/h1-10H,(H,20,21)/b8-5+. The molecule has 0 unspecified atom stereocenters. The smallest absolute Gasteiger partial charge is 0.321 e. The lowest BCUT2D eigenvalue weighted by Gasteiger charge is -2.05. The zero-order valence-electron chi connectivity index (χ0n) is 11.2.